The molecule has 0 bridgehead atoms. The minimum atomic E-state index is -1.08. The highest BCUT2D eigenvalue weighted by Crippen LogP contribution is 2.27. The van der Waals surface area contributed by atoms with Gasteiger partial charge < -0.3 is 14.9 Å². The van der Waals surface area contributed by atoms with Gasteiger partial charge in [-0.05, 0) is 29.8 Å². The van der Waals surface area contributed by atoms with E-state index in [0.29, 0.717) is 11.5 Å². The molecule has 2 rings (SSSR count). The molecule has 2 aromatic rings. The van der Waals surface area contributed by atoms with E-state index in [-0.39, 0.29) is 17.2 Å². The predicted molar refractivity (Wildman–Crippen MR) is 70.9 cm³/mol. The van der Waals surface area contributed by atoms with Gasteiger partial charge in [0.2, 0.25) is 0 Å². The Labute approximate surface area is 114 Å². The summed E-state index contributed by atoms with van der Waals surface area (Å²) in [7, 11) is 0. The Morgan fingerprint density at radius 1 is 1.16 bits per heavy atom. The minimum Gasteiger partial charge on any atom is -0.478 e. The Bertz CT molecular complexity index is 610. The standard InChI is InChI=1S/C14H11ClO4/c15-13-7-11(4-5-12(13)14(17)18)19-10-3-1-2-9(6-10)8-16/h1-7,16H,8H2,(H,17,18). The van der Waals surface area contributed by atoms with E-state index in [4.69, 9.17) is 26.6 Å². The molecule has 0 radical (unpaired) electrons. The summed E-state index contributed by atoms with van der Waals surface area (Å²) in [4.78, 5) is 10.8. The van der Waals surface area contributed by atoms with E-state index in [1.54, 1.807) is 24.3 Å². The summed E-state index contributed by atoms with van der Waals surface area (Å²) in [5, 5.41) is 18.0. The third kappa shape index (κ3) is 3.24. The van der Waals surface area contributed by atoms with Gasteiger partial charge in [-0.3, -0.25) is 0 Å². The van der Waals surface area contributed by atoms with E-state index in [9.17, 15) is 4.79 Å². The molecule has 0 amide bonds. The number of aliphatic hydroxyl groups excluding tert-OH is 1. The van der Waals surface area contributed by atoms with Crippen LogP contribution in [0.15, 0.2) is 42.5 Å². The molecule has 0 aliphatic heterocycles. The molecule has 4 nitrogen and oxygen atoms in total. The van der Waals surface area contributed by atoms with Gasteiger partial charge in [-0.15, -0.1) is 0 Å². The molecular formula is C14H11ClO4. The van der Waals surface area contributed by atoms with Crippen LogP contribution in [0.25, 0.3) is 0 Å². The number of carboxylic acids is 1. The summed E-state index contributed by atoms with van der Waals surface area (Å²) >= 11 is 5.85. The number of ether oxygens (including phenoxy) is 1. The van der Waals surface area contributed by atoms with E-state index in [1.165, 1.54) is 18.2 Å². The number of carboxylic acid groups (broad SMARTS) is 1. The van der Waals surface area contributed by atoms with Crippen LogP contribution in [0.3, 0.4) is 0 Å². The van der Waals surface area contributed by atoms with Crippen molar-refractivity contribution >= 4 is 17.6 Å². The lowest BCUT2D eigenvalue weighted by molar-refractivity contribution is 0.0697. The van der Waals surface area contributed by atoms with E-state index < -0.39 is 5.97 Å². The predicted octanol–water partition coefficient (Wildman–Crippen LogP) is 3.32. The van der Waals surface area contributed by atoms with Crippen molar-refractivity contribution in [2.75, 3.05) is 0 Å². The number of halogens is 1. The second kappa shape index (κ2) is 5.73. The van der Waals surface area contributed by atoms with E-state index in [1.807, 2.05) is 0 Å². The molecule has 0 unspecified atom stereocenters. The van der Waals surface area contributed by atoms with Crippen LogP contribution < -0.4 is 4.74 Å². The maximum Gasteiger partial charge on any atom is 0.337 e. The van der Waals surface area contributed by atoms with Gasteiger partial charge in [-0.2, -0.15) is 0 Å². The average molecular weight is 279 g/mol. The Hall–Kier alpha value is -2.04. The van der Waals surface area contributed by atoms with Crippen molar-refractivity contribution in [3.8, 4) is 11.5 Å². The fourth-order valence-electron chi connectivity index (χ4n) is 1.58. The number of aromatic carboxylic acids is 1. The first-order valence-electron chi connectivity index (χ1n) is 5.50. The molecule has 0 saturated heterocycles. The van der Waals surface area contributed by atoms with Crippen LogP contribution >= 0.6 is 11.6 Å². The van der Waals surface area contributed by atoms with Crippen molar-refractivity contribution in [1.82, 2.24) is 0 Å². The topological polar surface area (TPSA) is 66.8 Å². The monoisotopic (exact) mass is 278 g/mol. The van der Waals surface area contributed by atoms with Gasteiger partial charge in [-0.1, -0.05) is 23.7 Å². The zero-order valence-corrected chi connectivity index (χ0v) is 10.6. The number of rotatable bonds is 4. The molecule has 0 fully saturated rings. The maximum atomic E-state index is 10.8. The number of benzene rings is 2. The molecule has 2 N–H and O–H groups in total. The lowest BCUT2D eigenvalue weighted by atomic mass is 10.2. The molecule has 0 saturated carbocycles. The van der Waals surface area contributed by atoms with Crippen LogP contribution in [0, 0.1) is 0 Å². The number of aliphatic hydroxyl groups is 1. The van der Waals surface area contributed by atoms with Gasteiger partial charge in [0.25, 0.3) is 0 Å². The summed E-state index contributed by atoms with van der Waals surface area (Å²) in [5.74, 6) is -0.102. The van der Waals surface area contributed by atoms with Crippen LogP contribution in [0.5, 0.6) is 11.5 Å². The lowest BCUT2D eigenvalue weighted by Crippen LogP contribution is -1.97. The normalized spacial score (nSPS) is 10.2. The summed E-state index contributed by atoms with van der Waals surface area (Å²) in [5.41, 5.74) is 0.754. The second-order valence-corrected chi connectivity index (χ2v) is 4.26. The van der Waals surface area contributed by atoms with Gasteiger partial charge in [-0.25, -0.2) is 4.79 Å². The van der Waals surface area contributed by atoms with E-state index in [2.05, 4.69) is 0 Å². The van der Waals surface area contributed by atoms with Crippen LogP contribution in [0.1, 0.15) is 15.9 Å². The first-order chi connectivity index (χ1) is 9.10. The maximum absolute atomic E-state index is 10.8. The van der Waals surface area contributed by atoms with Gasteiger partial charge in [0, 0.05) is 6.07 Å². The van der Waals surface area contributed by atoms with Gasteiger partial charge in [0.1, 0.15) is 11.5 Å². The van der Waals surface area contributed by atoms with E-state index in [0.717, 1.165) is 5.56 Å². The van der Waals surface area contributed by atoms with Crippen molar-refractivity contribution in [3.63, 3.8) is 0 Å². The van der Waals surface area contributed by atoms with Crippen molar-refractivity contribution in [2.24, 2.45) is 0 Å². The first kappa shape index (κ1) is 13.4. The fraction of sp³-hybridized carbons (Fsp3) is 0.0714. The fourth-order valence-corrected chi connectivity index (χ4v) is 1.83. The second-order valence-electron chi connectivity index (χ2n) is 3.85. The summed E-state index contributed by atoms with van der Waals surface area (Å²) in [6.07, 6.45) is 0. The zero-order chi connectivity index (χ0) is 13.8. The molecule has 5 heteroatoms. The van der Waals surface area contributed by atoms with Crippen molar-refractivity contribution in [1.29, 1.82) is 0 Å². The highest BCUT2D eigenvalue weighted by Gasteiger charge is 2.09. The molecule has 0 heterocycles. The van der Waals surface area contributed by atoms with Crippen molar-refractivity contribution in [2.45, 2.75) is 6.61 Å². The summed E-state index contributed by atoms with van der Waals surface area (Å²) in [6.45, 7) is -0.0735. The zero-order valence-electron chi connectivity index (χ0n) is 9.84. The molecule has 2 aromatic carbocycles. The number of hydrogen-bond donors (Lipinski definition) is 2. The van der Waals surface area contributed by atoms with Gasteiger partial charge in [0.05, 0.1) is 17.2 Å². The van der Waals surface area contributed by atoms with Crippen LogP contribution in [0.2, 0.25) is 5.02 Å². The minimum absolute atomic E-state index is 0.0260. The van der Waals surface area contributed by atoms with Crippen molar-refractivity contribution in [3.05, 3.63) is 58.6 Å². The Kier molecular flexibility index (Phi) is 4.04. The summed E-state index contributed by atoms with van der Waals surface area (Å²) in [6, 6.07) is 11.3. The third-order valence-corrected chi connectivity index (χ3v) is 2.80. The average Bonchev–Trinajstić information content (AvgIpc) is 2.38. The Balaban J connectivity index is 2.23. The van der Waals surface area contributed by atoms with Crippen LogP contribution in [0.4, 0.5) is 0 Å². The number of hydrogen-bond acceptors (Lipinski definition) is 3. The van der Waals surface area contributed by atoms with E-state index >= 15 is 0 Å². The summed E-state index contributed by atoms with van der Waals surface area (Å²) < 4.78 is 5.55. The quantitative estimate of drug-likeness (QED) is 0.900. The SMILES string of the molecule is O=C(O)c1ccc(Oc2cccc(CO)c2)cc1Cl. The molecule has 0 aliphatic carbocycles. The molecule has 98 valence electrons. The molecule has 0 atom stereocenters. The Morgan fingerprint density at radius 3 is 2.53 bits per heavy atom. The molecule has 19 heavy (non-hydrogen) atoms. The molecule has 0 spiro atoms. The van der Waals surface area contributed by atoms with Crippen LogP contribution in [-0.2, 0) is 6.61 Å². The molecular weight excluding hydrogens is 268 g/mol. The first-order valence-corrected chi connectivity index (χ1v) is 5.88. The molecule has 0 aliphatic rings. The van der Waals surface area contributed by atoms with Crippen LogP contribution in [-0.4, -0.2) is 16.2 Å². The van der Waals surface area contributed by atoms with Crippen molar-refractivity contribution < 1.29 is 19.7 Å². The highest BCUT2D eigenvalue weighted by atomic mass is 35.5. The smallest absolute Gasteiger partial charge is 0.337 e. The largest absolute Gasteiger partial charge is 0.478 e. The van der Waals surface area contributed by atoms with Gasteiger partial charge >= 0.3 is 5.97 Å². The highest BCUT2D eigenvalue weighted by molar-refractivity contribution is 6.33. The number of carbonyl (C=O) groups is 1. The molecule has 0 aromatic heterocycles. The third-order valence-electron chi connectivity index (χ3n) is 2.49. The van der Waals surface area contributed by atoms with Gasteiger partial charge in [0.15, 0.2) is 0 Å². The Morgan fingerprint density at radius 2 is 1.89 bits per heavy atom. The lowest BCUT2D eigenvalue weighted by Gasteiger charge is -2.08.